The monoisotopic (exact) mass is 557 g/mol. The number of fused-ring (bicyclic) bond motifs is 2. The molecule has 9 heteroatoms. The van der Waals surface area contributed by atoms with Crippen LogP contribution in [0.5, 0.6) is 0 Å². The minimum Gasteiger partial charge on any atom is -0.444 e. The van der Waals surface area contributed by atoms with Gasteiger partial charge in [-0.2, -0.15) is 0 Å². The van der Waals surface area contributed by atoms with E-state index in [-0.39, 0.29) is 30.4 Å². The van der Waals surface area contributed by atoms with Gasteiger partial charge in [0.05, 0.1) is 12.6 Å². The van der Waals surface area contributed by atoms with Gasteiger partial charge >= 0.3 is 12.1 Å². The van der Waals surface area contributed by atoms with Gasteiger partial charge < -0.3 is 25.3 Å². The summed E-state index contributed by atoms with van der Waals surface area (Å²) in [5.41, 5.74) is 2.95. The third kappa shape index (κ3) is 6.56. The SMILES string of the molecule is C=C1C[C@H]2[C@H](NC(=O)[C@H](Cc3c[nH]c4ccccc34)NC(=O)OC(C)(C)C)CCCN2C(=O)N1Cc1ccccc1. The van der Waals surface area contributed by atoms with Crippen LogP contribution in [0.3, 0.4) is 0 Å². The third-order valence-corrected chi connectivity index (χ3v) is 7.70. The summed E-state index contributed by atoms with van der Waals surface area (Å²) in [4.78, 5) is 47.0. The predicted molar refractivity (Wildman–Crippen MR) is 158 cm³/mol. The molecule has 1 aromatic heterocycles. The van der Waals surface area contributed by atoms with E-state index < -0.39 is 17.7 Å². The van der Waals surface area contributed by atoms with Gasteiger partial charge in [0.2, 0.25) is 5.91 Å². The van der Waals surface area contributed by atoms with E-state index in [1.54, 1.807) is 25.7 Å². The highest BCUT2D eigenvalue weighted by Gasteiger charge is 2.42. The Kier molecular flexibility index (Phi) is 8.06. The molecule has 41 heavy (non-hydrogen) atoms. The number of nitrogens with one attached hydrogen (secondary N) is 3. The Balaban J connectivity index is 1.32. The fourth-order valence-electron chi connectivity index (χ4n) is 5.77. The molecule has 4 amide bonds. The van der Waals surface area contributed by atoms with Crippen molar-refractivity contribution in [2.75, 3.05) is 6.54 Å². The maximum atomic E-state index is 13.8. The van der Waals surface area contributed by atoms with Crippen LogP contribution < -0.4 is 10.6 Å². The second-order valence-electron chi connectivity index (χ2n) is 11.9. The summed E-state index contributed by atoms with van der Waals surface area (Å²) in [5.74, 6) is -0.308. The van der Waals surface area contributed by atoms with Crippen LogP contribution in [0.1, 0.15) is 51.2 Å². The van der Waals surface area contributed by atoms with Crippen LogP contribution in [0.2, 0.25) is 0 Å². The molecular formula is C32H39N5O4. The Hall–Kier alpha value is -4.27. The van der Waals surface area contributed by atoms with Crippen molar-refractivity contribution in [1.29, 1.82) is 0 Å². The van der Waals surface area contributed by atoms with Crippen molar-refractivity contribution in [3.05, 3.63) is 84.2 Å². The van der Waals surface area contributed by atoms with Gasteiger partial charge in [0, 0.05) is 48.2 Å². The van der Waals surface area contributed by atoms with Crippen molar-refractivity contribution >= 4 is 28.9 Å². The molecule has 0 bridgehead atoms. The normalized spacial score (nSPS) is 20.0. The Morgan fingerprint density at radius 1 is 1.12 bits per heavy atom. The van der Waals surface area contributed by atoms with E-state index in [0.29, 0.717) is 19.5 Å². The van der Waals surface area contributed by atoms with Gasteiger partial charge in [0.25, 0.3) is 0 Å². The number of nitrogens with zero attached hydrogens (tertiary/aromatic N) is 2. The molecule has 0 aliphatic carbocycles. The van der Waals surface area contributed by atoms with Crippen LogP contribution in [-0.2, 0) is 22.5 Å². The zero-order chi connectivity index (χ0) is 29.1. The topological polar surface area (TPSA) is 107 Å². The number of ether oxygens (including phenoxy) is 1. The van der Waals surface area contributed by atoms with Crippen molar-refractivity contribution in [2.45, 2.75) is 76.7 Å². The van der Waals surface area contributed by atoms with Gasteiger partial charge in [-0.3, -0.25) is 9.69 Å². The van der Waals surface area contributed by atoms with Gasteiger partial charge in [-0.05, 0) is 50.8 Å². The Morgan fingerprint density at radius 3 is 2.61 bits per heavy atom. The number of hydrogen-bond donors (Lipinski definition) is 3. The highest BCUT2D eigenvalue weighted by Crippen LogP contribution is 2.32. The summed E-state index contributed by atoms with van der Waals surface area (Å²) in [6.07, 6.45) is 3.57. The number of carbonyl (C=O) groups is 3. The molecular weight excluding hydrogens is 518 g/mol. The number of H-pyrrole nitrogens is 1. The van der Waals surface area contributed by atoms with Crippen LogP contribution >= 0.6 is 0 Å². The second kappa shape index (κ2) is 11.7. The summed E-state index contributed by atoms with van der Waals surface area (Å²) in [6.45, 7) is 10.7. The number of rotatable bonds is 7. The van der Waals surface area contributed by atoms with Gasteiger partial charge in [-0.1, -0.05) is 55.1 Å². The van der Waals surface area contributed by atoms with Crippen molar-refractivity contribution in [1.82, 2.24) is 25.4 Å². The molecule has 3 atom stereocenters. The first-order chi connectivity index (χ1) is 19.6. The number of para-hydroxylation sites is 1. The number of carbonyl (C=O) groups excluding carboxylic acids is 3. The molecule has 2 aliphatic heterocycles. The minimum absolute atomic E-state index is 0.0868. The van der Waals surface area contributed by atoms with E-state index in [1.165, 1.54) is 0 Å². The lowest BCUT2D eigenvalue weighted by atomic mass is 9.90. The maximum absolute atomic E-state index is 13.8. The Labute approximate surface area is 240 Å². The highest BCUT2D eigenvalue weighted by molar-refractivity contribution is 5.89. The number of piperidine rings is 1. The first kappa shape index (κ1) is 28.3. The lowest BCUT2D eigenvalue weighted by Gasteiger charge is -2.48. The summed E-state index contributed by atoms with van der Waals surface area (Å²) < 4.78 is 5.48. The average Bonchev–Trinajstić information content (AvgIpc) is 3.33. The summed E-state index contributed by atoms with van der Waals surface area (Å²) in [5, 5.41) is 6.97. The van der Waals surface area contributed by atoms with Crippen molar-refractivity contribution < 1.29 is 19.1 Å². The van der Waals surface area contributed by atoms with Crippen molar-refractivity contribution in [3.63, 3.8) is 0 Å². The largest absolute Gasteiger partial charge is 0.444 e. The lowest BCUT2D eigenvalue weighted by Crippen LogP contribution is -2.64. The maximum Gasteiger partial charge on any atom is 0.408 e. The third-order valence-electron chi connectivity index (χ3n) is 7.70. The van der Waals surface area contributed by atoms with Crippen molar-refractivity contribution in [2.24, 2.45) is 0 Å². The second-order valence-corrected chi connectivity index (χ2v) is 11.9. The van der Waals surface area contributed by atoms with Crippen LogP contribution in [0, 0.1) is 0 Å². The van der Waals surface area contributed by atoms with E-state index >= 15 is 0 Å². The predicted octanol–water partition coefficient (Wildman–Crippen LogP) is 5.09. The fourth-order valence-corrected chi connectivity index (χ4v) is 5.77. The van der Waals surface area contributed by atoms with Crippen LogP contribution in [0.25, 0.3) is 10.9 Å². The first-order valence-corrected chi connectivity index (χ1v) is 14.2. The van der Waals surface area contributed by atoms with Gasteiger partial charge in [0.15, 0.2) is 0 Å². The van der Waals surface area contributed by atoms with E-state index in [9.17, 15) is 14.4 Å². The van der Waals surface area contributed by atoms with Crippen molar-refractivity contribution in [3.8, 4) is 0 Å². The molecule has 0 saturated carbocycles. The van der Waals surface area contributed by atoms with Gasteiger partial charge in [-0.15, -0.1) is 0 Å². The molecule has 3 heterocycles. The Morgan fingerprint density at radius 2 is 1.85 bits per heavy atom. The fraction of sp³-hybridized carbons (Fsp3) is 0.406. The Bertz CT molecular complexity index is 1430. The van der Waals surface area contributed by atoms with Crippen LogP contribution in [-0.4, -0.2) is 63.1 Å². The number of benzene rings is 2. The number of aromatic amines is 1. The van der Waals surface area contributed by atoms with Gasteiger partial charge in [-0.25, -0.2) is 9.59 Å². The summed E-state index contributed by atoms with van der Waals surface area (Å²) >= 11 is 0. The van der Waals surface area contributed by atoms with Gasteiger partial charge in [0.1, 0.15) is 11.6 Å². The molecule has 216 valence electrons. The molecule has 2 fully saturated rings. The number of urea groups is 1. The standard InChI is InChI=1S/C32H39N5O4/c1-21-17-28-26(15-10-16-36(28)31(40)37(21)20-22-11-6-5-7-12-22)34-29(38)27(35-30(39)41-32(2,3)4)18-23-19-33-25-14-9-8-13-24(23)25/h5-9,11-14,19,26-28,33H,1,10,15-18,20H2,2-4H3,(H,34,38)(H,35,39)/t26-,27+,28+/m1/s1. The van der Waals surface area contributed by atoms with Crippen LogP contribution in [0.4, 0.5) is 9.59 Å². The number of amides is 4. The van der Waals surface area contributed by atoms with E-state index in [2.05, 4.69) is 22.2 Å². The number of aromatic nitrogens is 1. The molecule has 9 nitrogen and oxygen atoms in total. The minimum atomic E-state index is -0.864. The molecule has 0 spiro atoms. The molecule has 0 radical (unpaired) electrons. The van der Waals surface area contributed by atoms with E-state index in [1.807, 2.05) is 65.7 Å². The number of alkyl carbamates (subject to hydrolysis) is 1. The quantitative estimate of drug-likeness (QED) is 0.376. The van der Waals surface area contributed by atoms with E-state index in [0.717, 1.165) is 40.6 Å². The molecule has 0 unspecified atom stereocenters. The molecule has 2 aliphatic rings. The lowest BCUT2D eigenvalue weighted by molar-refractivity contribution is -0.124. The zero-order valence-corrected chi connectivity index (χ0v) is 24.0. The molecule has 3 N–H and O–H groups in total. The average molecular weight is 558 g/mol. The number of hydrogen-bond acceptors (Lipinski definition) is 4. The molecule has 2 saturated heterocycles. The summed E-state index contributed by atoms with van der Waals surface area (Å²) in [6, 6.07) is 16.3. The highest BCUT2D eigenvalue weighted by atomic mass is 16.6. The first-order valence-electron chi connectivity index (χ1n) is 14.2. The molecule has 5 rings (SSSR count). The smallest absolute Gasteiger partial charge is 0.408 e. The molecule has 3 aromatic rings. The summed E-state index contributed by atoms with van der Waals surface area (Å²) in [7, 11) is 0. The zero-order valence-electron chi connectivity index (χ0n) is 24.0. The molecule has 2 aromatic carbocycles. The van der Waals surface area contributed by atoms with Crippen LogP contribution in [0.15, 0.2) is 73.1 Å². The van der Waals surface area contributed by atoms with E-state index in [4.69, 9.17) is 4.74 Å².